The summed E-state index contributed by atoms with van der Waals surface area (Å²) in [6, 6.07) is 9.07. The average Bonchev–Trinajstić information content (AvgIpc) is 2.36. The topological polar surface area (TPSA) is 70.2 Å². The summed E-state index contributed by atoms with van der Waals surface area (Å²) < 4.78 is 0. The molecule has 0 heterocycles. The number of nitro groups is 1. The van der Waals surface area contributed by atoms with Crippen molar-refractivity contribution < 1.29 is 4.92 Å². The minimum atomic E-state index is -0.353. The Labute approximate surface area is 107 Å². The molecule has 0 aliphatic heterocycles. The van der Waals surface area contributed by atoms with Gasteiger partial charge in [0.15, 0.2) is 0 Å². The molecule has 0 saturated carbocycles. The SMILES string of the molecule is CC(CC#N)N(C)CCc1ccccc1[N+](=O)[O-]. The van der Waals surface area contributed by atoms with Crippen LogP contribution in [-0.2, 0) is 6.42 Å². The number of rotatable bonds is 6. The predicted octanol–water partition coefficient (Wildman–Crippen LogP) is 2.37. The Bertz CT molecular complexity index is 454. The molecule has 0 aromatic heterocycles. The molecule has 96 valence electrons. The minimum absolute atomic E-state index is 0.165. The van der Waals surface area contributed by atoms with Gasteiger partial charge in [-0.2, -0.15) is 5.26 Å². The highest BCUT2D eigenvalue weighted by Gasteiger charge is 2.14. The summed E-state index contributed by atoms with van der Waals surface area (Å²) in [4.78, 5) is 12.5. The Morgan fingerprint density at radius 1 is 1.50 bits per heavy atom. The Balaban J connectivity index is 2.64. The quantitative estimate of drug-likeness (QED) is 0.571. The summed E-state index contributed by atoms with van der Waals surface area (Å²) in [6.07, 6.45) is 1.08. The number of hydrogen-bond acceptors (Lipinski definition) is 4. The number of hydrogen-bond donors (Lipinski definition) is 0. The Morgan fingerprint density at radius 2 is 2.17 bits per heavy atom. The van der Waals surface area contributed by atoms with Crippen molar-refractivity contribution in [1.29, 1.82) is 5.26 Å². The molecule has 0 saturated heterocycles. The summed E-state index contributed by atoms with van der Waals surface area (Å²) in [7, 11) is 1.93. The zero-order chi connectivity index (χ0) is 13.5. The van der Waals surface area contributed by atoms with Crippen molar-refractivity contribution >= 4 is 5.69 Å². The van der Waals surface area contributed by atoms with Gasteiger partial charge in [-0.3, -0.25) is 10.1 Å². The molecule has 1 atom stereocenters. The first kappa shape index (κ1) is 14.1. The fourth-order valence-electron chi connectivity index (χ4n) is 1.71. The zero-order valence-corrected chi connectivity index (χ0v) is 10.7. The average molecular weight is 247 g/mol. The molecule has 1 unspecified atom stereocenters. The van der Waals surface area contributed by atoms with E-state index in [2.05, 4.69) is 6.07 Å². The van der Waals surface area contributed by atoms with Crippen LogP contribution < -0.4 is 0 Å². The molecule has 0 amide bonds. The van der Waals surface area contributed by atoms with E-state index in [0.29, 0.717) is 19.4 Å². The molecular weight excluding hydrogens is 230 g/mol. The summed E-state index contributed by atoms with van der Waals surface area (Å²) >= 11 is 0. The van der Waals surface area contributed by atoms with Crippen LogP contribution in [0.1, 0.15) is 18.9 Å². The van der Waals surface area contributed by atoms with Crippen LogP contribution in [0, 0.1) is 21.4 Å². The molecule has 5 nitrogen and oxygen atoms in total. The van der Waals surface area contributed by atoms with Crippen LogP contribution in [0.5, 0.6) is 0 Å². The zero-order valence-electron chi connectivity index (χ0n) is 10.7. The third kappa shape index (κ3) is 3.82. The fourth-order valence-corrected chi connectivity index (χ4v) is 1.71. The molecule has 18 heavy (non-hydrogen) atoms. The van der Waals surface area contributed by atoms with Crippen molar-refractivity contribution in [2.45, 2.75) is 25.8 Å². The van der Waals surface area contributed by atoms with E-state index in [0.717, 1.165) is 5.56 Å². The predicted molar refractivity (Wildman–Crippen MR) is 69.1 cm³/mol. The van der Waals surface area contributed by atoms with E-state index >= 15 is 0 Å². The van der Waals surface area contributed by atoms with Crippen LogP contribution in [-0.4, -0.2) is 29.5 Å². The van der Waals surface area contributed by atoms with Gasteiger partial charge in [0.2, 0.25) is 0 Å². The summed E-state index contributed by atoms with van der Waals surface area (Å²) in [5, 5.41) is 19.5. The van der Waals surface area contributed by atoms with E-state index in [-0.39, 0.29) is 16.7 Å². The Kier molecular flexibility index (Phi) is 5.28. The van der Waals surface area contributed by atoms with Gasteiger partial charge < -0.3 is 4.90 Å². The molecule has 0 fully saturated rings. The normalized spacial score (nSPS) is 12.1. The third-order valence-corrected chi connectivity index (χ3v) is 3.06. The molecular formula is C13H17N3O2. The lowest BCUT2D eigenvalue weighted by Crippen LogP contribution is -2.30. The number of nitriles is 1. The maximum Gasteiger partial charge on any atom is 0.272 e. The monoisotopic (exact) mass is 247 g/mol. The van der Waals surface area contributed by atoms with E-state index in [9.17, 15) is 10.1 Å². The number of nitro benzene ring substituents is 1. The number of nitrogens with zero attached hydrogens (tertiary/aromatic N) is 3. The molecule has 0 aliphatic carbocycles. The lowest BCUT2D eigenvalue weighted by atomic mass is 10.1. The van der Waals surface area contributed by atoms with Gasteiger partial charge in [-0.05, 0) is 20.4 Å². The molecule has 0 radical (unpaired) electrons. The van der Waals surface area contributed by atoms with Gasteiger partial charge in [-0.1, -0.05) is 18.2 Å². The van der Waals surface area contributed by atoms with E-state index in [4.69, 9.17) is 5.26 Å². The summed E-state index contributed by atoms with van der Waals surface area (Å²) in [5.41, 5.74) is 0.900. The third-order valence-electron chi connectivity index (χ3n) is 3.06. The van der Waals surface area contributed by atoms with E-state index in [1.807, 2.05) is 18.9 Å². The van der Waals surface area contributed by atoms with Crippen molar-refractivity contribution in [1.82, 2.24) is 4.90 Å². The van der Waals surface area contributed by atoms with Gasteiger partial charge in [0, 0.05) is 24.2 Å². The highest BCUT2D eigenvalue weighted by molar-refractivity contribution is 5.39. The second-order valence-corrected chi connectivity index (χ2v) is 4.33. The first-order valence-corrected chi connectivity index (χ1v) is 5.85. The van der Waals surface area contributed by atoms with Gasteiger partial charge >= 0.3 is 0 Å². The fraction of sp³-hybridized carbons (Fsp3) is 0.462. The van der Waals surface area contributed by atoms with Gasteiger partial charge in [-0.15, -0.1) is 0 Å². The van der Waals surface area contributed by atoms with Crippen molar-refractivity contribution in [3.8, 4) is 6.07 Å². The van der Waals surface area contributed by atoms with Crippen molar-refractivity contribution in [3.63, 3.8) is 0 Å². The van der Waals surface area contributed by atoms with Crippen LogP contribution in [0.4, 0.5) is 5.69 Å². The smallest absolute Gasteiger partial charge is 0.272 e. The van der Waals surface area contributed by atoms with Crippen LogP contribution in [0.25, 0.3) is 0 Å². The largest absolute Gasteiger partial charge is 0.302 e. The molecule has 0 spiro atoms. The van der Waals surface area contributed by atoms with Crippen LogP contribution in [0.3, 0.4) is 0 Å². The van der Waals surface area contributed by atoms with Gasteiger partial charge in [0.1, 0.15) is 0 Å². The molecule has 1 rings (SSSR count). The lowest BCUT2D eigenvalue weighted by Gasteiger charge is -2.22. The molecule has 0 bridgehead atoms. The molecule has 0 N–H and O–H groups in total. The Hall–Kier alpha value is -1.93. The first-order valence-electron chi connectivity index (χ1n) is 5.85. The van der Waals surface area contributed by atoms with Gasteiger partial charge in [-0.25, -0.2) is 0 Å². The minimum Gasteiger partial charge on any atom is -0.302 e. The van der Waals surface area contributed by atoms with Crippen molar-refractivity contribution in [2.75, 3.05) is 13.6 Å². The number of benzene rings is 1. The lowest BCUT2D eigenvalue weighted by molar-refractivity contribution is -0.385. The summed E-state index contributed by atoms with van der Waals surface area (Å²) in [5.74, 6) is 0. The summed E-state index contributed by atoms with van der Waals surface area (Å²) in [6.45, 7) is 2.68. The molecule has 1 aromatic rings. The first-order chi connectivity index (χ1) is 8.56. The number of likely N-dealkylation sites (N-methyl/N-ethyl adjacent to an activating group) is 1. The standard InChI is InChI=1S/C13H17N3O2/c1-11(7-9-14)15(2)10-8-12-5-3-4-6-13(12)16(17)18/h3-6,11H,7-8,10H2,1-2H3. The second kappa shape index (κ2) is 6.72. The van der Waals surface area contributed by atoms with Gasteiger partial charge in [0.05, 0.1) is 17.4 Å². The second-order valence-electron chi connectivity index (χ2n) is 4.33. The van der Waals surface area contributed by atoms with E-state index < -0.39 is 0 Å². The van der Waals surface area contributed by atoms with Crippen LogP contribution >= 0.6 is 0 Å². The van der Waals surface area contributed by atoms with Crippen molar-refractivity contribution in [3.05, 3.63) is 39.9 Å². The van der Waals surface area contributed by atoms with Crippen LogP contribution in [0.2, 0.25) is 0 Å². The highest BCUT2D eigenvalue weighted by atomic mass is 16.6. The number of para-hydroxylation sites is 1. The van der Waals surface area contributed by atoms with E-state index in [1.54, 1.807) is 18.2 Å². The van der Waals surface area contributed by atoms with Crippen LogP contribution in [0.15, 0.2) is 24.3 Å². The Morgan fingerprint density at radius 3 is 2.78 bits per heavy atom. The molecule has 5 heteroatoms. The molecule has 1 aromatic carbocycles. The van der Waals surface area contributed by atoms with E-state index in [1.165, 1.54) is 6.07 Å². The molecule has 0 aliphatic rings. The maximum atomic E-state index is 10.9. The maximum absolute atomic E-state index is 10.9. The van der Waals surface area contributed by atoms with Gasteiger partial charge in [0.25, 0.3) is 5.69 Å². The van der Waals surface area contributed by atoms with Crippen molar-refractivity contribution in [2.24, 2.45) is 0 Å². The highest BCUT2D eigenvalue weighted by Crippen LogP contribution is 2.18.